The molecular weight excluding hydrogens is 136 g/mol. The summed E-state index contributed by atoms with van der Waals surface area (Å²) in [4.78, 5) is 0. The van der Waals surface area contributed by atoms with Gasteiger partial charge in [-0.15, -0.1) is 0 Å². The van der Waals surface area contributed by atoms with Crippen molar-refractivity contribution in [3.8, 4) is 0 Å². The van der Waals surface area contributed by atoms with Crippen molar-refractivity contribution in [1.82, 2.24) is 0 Å². The molecule has 47 valence electrons. The van der Waals surface area contributed by atoms with E-state index in [-0.39, 0.29) is 8.80 Å². The van der Waals surface area contributed by atoms with E-state index in [4.69, 9.17) is 11.6 Å². The number of halogens is 1. The molecule has 0 saturated carbocycles. The van der Waals surface area contributed by atoms with Crippen LogP contribution >= 0.6 is 11.6 Å². The van der Waals surface area contributed by atoms with E-state index in [2.05, 4.69) is 19.5 Å². The minimum atomic E-state index is -0.187. The molecule has 0 atom stereocenters. The quantitative estimate of drug-likeness (QED) is 0.539. The van der Waals surface area contributed by atoms with E-state index in [9.17, 15) is 0 Å². The fourth-order valence-corrected chi connectivity index (χ4v) is 2.26. The first-order valence-corrected chi connectivity index (χ1v) is 5.39. The van der Waals surface area contributed by atoms with E-state index in [1.165, 1.54) is 12.1 Å². The first-order valence-electron chi connectivity index (χ1n) is 2.96. The summed E-state index contributed by atoms with van der Waals surface area (Å²) in [5.41, 5.74) is 3.80. The third-order valence-electron chi connectivity index (χ3n) is 1.21. The average Bonchev–Trinajstić information content (AvgIpc) is 1.83. The molecule has 0 spiro atoms. The Bertz CT molecular complexity index is 66.9. The average molecular weight is 148 g/mol. The van der Waals surface area contributed by atoms with Gasteiger partial charge in [-0.2, -0.15) is 0 Å². The summed E-state index contributed by atoms with van der Waals surface area (Å²) in [6.07, 6.45) is 0. The second kappa shape index (κ2) is 5.38. The van der Waals surface area contributed by atoms with Crippen LogP contribution in [0, 0.1) is 0 Å². The summed E-state index contributed by atoms with van der Waals surface area (Å²) in [6, 6.07) is 2.59. The van der Waals surface area contributed by atoms with Crippen molar-refractivity contribution in [3.63, 3.8) is 0 Å². The predicted molar refractivity (Wildman–Crippen MR) is 41.7 cm³/mol. The van der Waals surface area contributed by atoms with Gasteiger partial charge < -0.3 is 0 Å². The topological polar surface area (TPSA) is 0 Å². The molecule has 1 radical (unpaired) electrons. The lowest BCUT2D eigenvalue weighted by Crippen LogP contribution is -2.03. The van der Waals surface area contributed by atoms with E-state index < -0.39 is 0 Å². The van der Waals surface area contributed by atoms with Crippen molar-refractivity contribution in [2.75, 3.05) is 0 Å². The molecule has 0 aromatic rings. The monoisotopic (exact) mass is 147 g/mol. The fraction of sp³-hybridized carbons (Fsp3) is 0.667. The Balaban J connectivity index is 3.36. The maximum atomic E-state index is 5.40. The molecular formula is C6H12ClSi. The van der Waals surface area contributed by atoms with Gasteiger partial charge in [0.15, 0.2) is 0 Å². The van der Waals surface area contributed by atoms with Crippen LogP contribution in [-0.4, -0.2) is 8.80 Å². The number of rotatable bonds is 3. The van der Waals surface area contributed by atoms with Gasteiger partial charge in [-0.1, -0.05) is 43.2 Å². The molecule has 0 aromatic heterocycles. The number of hydrogen-bond donors (Lipinski definition) is 0. The van der Waals surface area contributed by atoms with Crippen LogP contribution in [0.5, 0.6) is 0 Å². The van der Waals surface area contributed by atoms with Crippen molar-refractivity contribution in [1.29, 1.82) is 0 Å². The Morgan fingerprint density at radius 2 is 1.88 bits per heavy atom. The largest absolute Gasteiger partial charge is 0.0937 e. The minimum Gasteiger partial charge on any atom is -0.0937 e. The maximum Gasteiger partial charge on any atom is 0.0764 e. The maximum absolute atomic E-state index is 5.40. The van der Waals surface area contributed by atoms with Gasteiger partial charge >= 0.3 is 0 Å². The molecule has 0 aliphatic heterocycles. The van der Waals surface area contributed by atoms with Crippen molar-refractivity contribution in [2.24, 2.45) is 0 Å². The molecule has 0 rings (SSSR count). The van der Waals surface area contributed by atoms with Crippen LogP contribution in [-0.2, 0) is 0 Å². The third-order valence-corrected chi connectivity index (χ3v) is 4.00. The zero-order valence-corrected chi connectivity index (χ0v) is 7.20. The Morgan fingerprint density at radius 3 is 2.00 bits per heavy atom. The van der Waals surface area contributed by atoms with E-state index >= 15 is 0 Å². The SMILES string of the molecule is CC[Si](C=CCl)CC. The molecule has 0 aromatic carbocycles. The summed E-state index contributed by atoms with van der Waals surface area (Å²) < 4.78 is 0. The first-order chi connectivity index (χ1) is 3.85. The van der Waals surface area contributed by atoms with Crippen molar-refractivity contribution in [3.05, 3.63) is 11.2 Å². The lowest BCUT2D eigenvalue weighted by Gasteiger charge is -1.99. The van der Waals surface area contributed by atoms with Crippen LogP contribution in [0.4, 0.5) is 0 Å². The highest BCUT2D eigenvalue weighted by Gasteiger charge is 1.97. The van der Waals surface area contributed by atoms with Gasteiger partial charge in [0.05, 0.1) is 8.80 Å². The Kier molecular flexibility index (Phi) is 5.55. The van der Waals surface area contributed by atoms with Gasteiger partial charge in [0.2, 0.25) is 0 Å². The Labute approximate surface area is 58.2 Å². The molecule has 0 heterocycles. The van der Waals surface area contributed by atoms with E-state index in [0.29, 0.717) is 0 Å². The predicted octanol–water partition coefficient (Wildman–Crippen LogP) is 2.81. The molecule has 0 aliphatic carbocycles. The van der Waals surface area contributed by atoms with Crippen LogP contribution in [0.1, 0.15) is 13.8 Å². The van der Waals surface area contributed by atoms with Crippen LogP contribution in [0.25, 0.3) is 0 Å². The summed E-state index contributed by atoms with van der Waals surface area (Å²) in [7, 11) is -0.187. The normalized spacial score (nSPS) is 11.5. The highest BCUT2D eigenvalue weighted by atomic mass is 35.5. The first kappa shape index (κ1) is 8.25. The standard InChI is InChI=1S/C6H12ClSi/c1-3-8(4-2)6-5-7/h5-6H,3-4H2,1-2H3. The summed E-state index contributed by atoms with van der Waals surface area (Å²) in [5, 5.41) is 0. The molecule has 0 saturated heterocycles. The van der Waals surface area contributed by atoms with Crippen LogP contribution < -0.4 is 0 Å². The molecule has 8 heavy (non-hydrogen) atoms. The molecule has 0 unspecified atom stereocenters. The second-order valence-electron chi connectivity index (χ2n) is 1.66. The molecule has 0 bridgehead atoms. The summed E-state index contributed by atoms with van der Waals surface area (Å²) in [6.45, 7) is 4.43. The van der Waals surface area contributed by atoms with Crippen molar-refractivity contribution in [2.45, 2.75) is 25.9 Å². The smallest absolute Gasteiger partial charge is 0.0764 e. The van der Waals surface area contributed by atoms with Crippen molar-refractivity contribution >= 4 is 20.4 Å². The van der Waals surface area contributed by atoms with Gasteiger partial charge in [-0.3, -0.25) is 0 Å². The number of hydrogen-bond acceptors (Lipinski definition) is 0. The molecule has 2 heteroatoms. The zero-order valence-electron chi connectivity index (χ0n) is 5.45. The van der Waals surface area contributed by atoms with E-state index in [1.807, 2.05) is 0 Å². The van der Waals surface area contributed by atoms with E-state index in [1.54, 1.807) is 5.54 Å². The lowest BCUT2D eigenvalue weighted by atomic mass is 10.9. The van der Waals surface area contributed by atoms with Crippen LogP contribution in [0.2, 0.25) is 12.1 Å². The summed E-state index contributed by atoms with van der Waals surface area (Å²) >= 11 is 5.40. The highest BCUT2D eigenvalue weighted by molar-refractivity contribution is 6.64. The Morgan fingerprint density at radius 1 is 1.38 bits per heavy atom. The summed E-state index contributed by atoms with van der Waals surface area (Å²) in [5.74, 6) is 0. The van der Waals surface area contributed by atoms with Gasteiger partial charge in [0.25, 0.3) is 0 Å². The van der Waals surface area contributed by atoms with Gasteiger partial charge in [-0.25, -0.2) is 0 Å². The van der Waals surface area contributed by atoms with Crippen LogP contribution in [0.15, 0.2) is 11.2 Å². The van der Waals surface area contributed by atoms with E-state index in [0.717, 1.165) is 0 Å². The van der Waals surface area contributed by atoms with Crippen LogP contribution in [0.3, 0.4) is 0 Å². The van der Waals surface area contributed by atoms with Gasteiger partial charge in [0.1, 0.15) is 0 Å². The minimum absolute atomic E-state index is 0.187. The lowest BCUT2D eigenvalue weighted by molar-refractivity contribution is 1.33. The fourth-order valence-electron chi connectivity index (χ4n) is 0.575. The second-order valence-corrected chi connectivity index (χ2v) is 4.97. The van der Waals surface area contributed by atoms with Crippen molar-refractivity contribution < 1.29 is 0 Å². The molecule has 0 aliphatic rings. The molecule has 0 fully saturated rings. The third kappa shape index (κ3) is 3.27. The molecule has 0 N–H and O–H groups in total. The zero-order chi connectivity index (χ0) is 6.41. The highest BCUT2D eigenvalue weighted by Crippen LogP contribution is 1.99. The van der Waals surface area contributed by atoms with Gasteiger partial charge in [-0.05, 0) is 5.54 Å². The molecule has 0 amide bonds. The van der Waals surface area contributed by atoms with Gasteiger partial charge in [0, 0.05) is 0 Å². The Hall–Kier alpha value is 0.247. The molecule has 0 nitrogen and oxygen atoms in total.